The van der Waals surface area contributed by atoms with Crippen molar-refractivity contribution in [3.05, 3.63) is 23.2 Å². The van der Waals surface area contributed by atoms with Gasteiger partial charge in [-0.1, -0.05) is 6.92 Å². The number of methoxy groups -OCH3 is 1. The Hall–Kier alpha value is -1.33. The van der Waals surface area contributed by atoms with Crippen molar-refractivity contribution in [1.82, 2.24) is 10.2 Å². The number of nitrogens with zero attached hydrogens (tertiary/aromatic N) is 1. The van der Waals surface area contributed by atoms with Crippen LogP contribution >= 0.6 is 0 Å². The zero-order chi connectivity index (χ0) is 15.2. The van der Waals surface area contributed by atoms with Crippen molar-refractivity contribution in [3.8, 4) is 0 Å². The van der Waals surface area contributed by atoms with Gasteiger partial charge in [0.05, 0.1) is 13.7 Å². The molecule has 0 spiro atoms. The van der Waals surface area contributed by atoms with Crippen molar-refractivity contribution in [2.45, 2.75) is 45.7 Å². The van der Waals surface area contributed by atoms with E-state index in [1.165, 1.54) is 20.0 Å². The number of hydrogen-bond donors (Lipinski definition) is 1. The lowest BCUT2D eigenvalue weighted by molar-refractivity contribution is 0.0558. The van der Waals surface area contributed by atoms with Crippen LogP contribution in [0.3, 0.4) is 0 Å². The van der Waals surface area contributed by atoms with Crippen molar-refractivity contribution < 1.29 is 13.9 Å². The van der Waals surface area contributed by atoms with E-state index in [2.05, 4.69) is 17.1 Å². The summed E-state index contributed by atoms with van der Waals surface area (Å²) >= 11 is 0. The molecule has 2 heterocycles. The van der Waals surface area contributed by atoms with Gasteiger partial charge in [0.2, 0.25) is 5.76 Å². The van der Waals surface area contributed by atoms with E-state index in [1.54, 1.807) is 0 Å². The largest absolute Gasteiger partial charge is 0.463 e. The summed E-state index contributed by atoms with van der Waals surface area (Å²) in [7, 11) is 1.38. The molecule has 1 aromatic rings. The molecule has 0 aromatic carbocycles. The molecule has 2 rings (SSSR count). The number of nitrogens with one attached hydrogen (secondary N) is 1. The lowest BCUT2D eigenvalue weighted by Crippen LogP contribution is -2.43. The normalized spacial score (nSPS) is 16.4. The Labute approximate surface area is 126 Å². The number of ether oxygens (including phenoxy) is 1. The molecule has 0 saturated carbocycles. The van der Waals surface area contributed by atoms with E-state index < -0.39 is 5.97 Å². The number of piperidine rings is 1. The first-order valence-corrected chi connectivity index (χ1v) is 7.78. The monoisotopic (exact) mass is 294 g/mol. The van der Waals surface area contributed by atoms with E-state index in [4.69, 9.17) is 9.15 Å². The molecule has 1 aliphatic heterocycles. The molecule has 0 aliphatic carbocycles. The average Bonchev–Trinajstić information content (AvgIpc) is 2.87. The van der Waals surface area contributed by atoms with E-state index >= 15 is 0 Å². The third-order valence-corrected chi connectivity index (χ3v) is 4.03. The molecule has 0 bridgehead atoms. The highest BCUT2D eigenvalue weighted by Crippen LogP contribution is 2.20. The highest BCUT2D eigenvalue weighted by molar-refractivity contribution is 5.87. The Morgan fingerprint density at radius 1 is 1.48 bits per heavy atom. The number of carbonyl (C=O) groups excluding carboxylic acids is 1. The van der Waals surface area contributed by atoms with E-state index in [0.29, 0.717) is 11.8 Å². The van der Waals surface area contributed by atoms with Crippen LogP contribution in [-0.4, -0.2) is 43.7 Å². The summed E-state index contributed by atoms with van der Waals surface area (Å²) in [6.45, 7) is 8.05. The number of rotatable bonds is 6. The highest BCUT2D eigenvalue weighted by atomic mass is 16.5. The molecule has 1 N–H and O–H groups in total. The molecule has 0 unspecified atom stereocenters. The van der Waals surface area contributed by atoms with Gasteiger partial charge in [-0.05, 0) is 51.9 Å². The summed E-state index contributed by atoms with van der Waals surface area (Å²) in [5.74, 6) is 0.775. The quantitative estimate of drug-likeness (QED) is 0.816. The molecule has 1 saturated heterocycles. The summed E-state index contributed by atoms with van der Waals surface area (Å²) in [5, 5.41) is 3.40. The fourth-order valence-corrected chi connectivity index (χ4v) is 2.97. The number of furan rings is 1. The molecule has 0 amide bonds. The van der Waals surface area contributed by atoms with E-state index in [0.717, 1.165) is 43.9 Å². The van der Waals surface area contributed by atoms with Crippen LogP contribution in [0.5, 0.6) is 0 Å². The molecule has 21 heavy (non-hydrogen) atoms. The average molecular weight is 294 g/mol. The fraction of sp³-hybridized carbons (Fsp3) is 0.688. The molecule has 118 valence electrons. The Morgan fingerprint density at radius 2 is 2.19 bits per heavy atom. The number of hydrogen-bond acceptors (Lipinski definition) is 5. The first kappa shape index (κ1) is 16.0. The van der Waals surface area contributed by atoms with Crippen LogP contribution in [0.1, 0.15) is 48.1 Å². The van der Waals surface area contributed by atoms with Gasteiger partial charge >= 0.3 is 5.97 Å². The minimum absolute atomic E-state index is 0.328. The second-order valence-corrected chi connectivity index (χ2v) is 5.67. The van der Waals surface area contributed by atoms with Crippen molar-refractivity contribution in [2.24, 2.45) is 0 Å². The number of carbonyl (C=O) groups is 1. The molecule has 0 atom stereocenters. The van der Waals surface area contributed by atoms with Gasteiger partial charge in [0.25, 0.3) is 0 Å². The maximum atomic E-state index is 11.6. The first-order chi connectivity index (χ1) is 10.2. The topological polar surface area (TPSA) is 54.7 Å². The van der Waals surface area contributed by atoms with E-state index in [1.807, 2.05) is 13.0 Å². The summed E-state index contributed by atoms with van der Waals surface area (Å²) in [5.41, 5.74) is 0.846. The van der Waals surface area contributed by atoms with Crippen molar-refractivity contribution in [2.75, 3.05) is 26.7 Å². The van der Waals surface area contributed by atoms with Gasteiger partial charge in [-0.3, -0.25) is 4.90 Å². The van der Waals surface area contributed by atoms with Gasteiger partial charge in [0, 0.05) is 11.6 Å². The standard InChI is InChI=1S/C16H26N2O3/c1-4-9-18(13-5-7-17-8-6-13)11-14-10-12(2)15(21-14)16(19)20-3/h10,13,17H,4-9,11H2,1-3H3. The zero-order valence-electron chi connectivity index (χ0n) is 13.3. The zero-order valence-corrected chi connectivity index (χ0v) is 13.3. The third-order valence-electron chi connectivity index (χ3n) is 4.03. The maximum Gasteiger partial charge on any atom is 0.374 e. The van der Waals surface area contributed by atoms with Crippen molar-refractivity contribution >= 4 is 5.97 Å². The Bertz CT molecular complexity index is 464. The molecule has 0 radical (unpaired) electrons. The summed E-state index contributed by atoms with van der Waals surface area (Å²) in [4.78, 5) is 14.1. The minimum Gasteiger partial charge on any atom is -0.463 e. The van der Waals surface area contributed by atoms with Crippen LogP contribution in [-0.2, 0) is 11.3 Å². The van der Waals surface area contributed by atoms with Crippen LogP contribution in [0.2, 0.25) is 0 Å². The van der Waals surface area contributed by atoms with E-state index in [-0.39, 0.29) is 0 Å². The fourth-order valence-electron chi connectivity index (χ4n) is 2.97. The van der Waals surface area contributed by atoms with Crippen molar-refractivity contribution in [3.63, 3.8) is 0 Å². The lowest BCUT2D eigenvalue weighted by Gasteiger charge is -2.33. The van der Waals surface area contributed by atoms with Gasteiger partial charge in [0.1, 0.15) is 5.76 Å². The van der Waals surface area contributed by atoms with E-state index in [9.17, 15) is 4.79 Å². The van der Waals surface area contributed by atoms with Crippen LogP contribution in [0.4, 0.5) is 0 Å². The summed E-state index contributed by atoms with van der Waals surface area (Å²) < 4.78 is 10.4. The molecule has 5 nitrogen and oxygen atoms in total. The molecule has 1 fully saturated rings. The van der Waals surface area contributed by atoms with Crippen LogP contribution in [0, 0.1) is 6.92 Å². The lowest BCUT2D eigenvalue weighted by atomic mass is 10.0. The minimum atomic E-state index is -0.400. The Kier molecular flexibility index (Phi) is 5.82. The summed E-state index contributed by atoms with van der Waals surface area (Å²) in [6.07, 6.45) is 3.46. The second-order valence-electron chi connectivity index (χ2n) is 5.67. The Morgan fingerprint density at radius 3 is 2.81 bits per heavy atom. The highest BCUT2D eigenvalue weighted by Gasteiger charge is 2.23. The van der Waals surface area contributed by atoms with Gasteiger partial charge in [0.15, 0.2) is 0 Å². The molecular weight excluding hydrogens is 268 g/mol. The van der Waals surface area contributed by atoms with Gasteiger partial charge in [-0.25, -0.2) is 4.79 Å². The molecular formula is C16H26N2O3. The third kappa shape index (κ3) is 4.08. The molecule has 1 aromatic heterocycles. The van der Waals surface area contributed by atoms with Crippen LogP contribution in [0.25, 0.3) is 0 Å². The SMILES string of the molecule is CCCN(Cc1cc(C)c(C(=O)OC)o1)C1CCNCC1. The first-order valence-electron chi connectivity index (χ1n) is 7.78. The Balaban J connectivity index is 2.07. The van der Waals surface area contributed by atoms with Crippen LogP contribution in [0.15, 0.2) is 10.5 Å². The smallest absolute Gasteiger partial charge is 0.374 e. The predicted molar refractivity (Wildman–Crippen MR) is 81.4 cm³/mol. The van der Waals surface area contributed by atoms with Gasteiger partial charge in [-0.15, -0.1) is 0 Å². The van der Waals surface area contributed by atoms with Gasteiger partial charge < -0.3 is 14.5 Å². The predicted octanol–water partition coefficient (Wildman–Crippen LogP) is 2.34. The number of aryl methyl sites for hydroxylation is 1. The van der Waals surface area contributed by atoms with Crippen LogP contribution < -0.4 is 5.32 Å². The summed E-state index contributed by atoms with van der Waals surface area (Å²) in [6, 6.07) is 2.55. The molecule has 1 aliphatic rings. The second kappa shape index (κ2) is 7.61. The maximum absolute atomic E-state index is 11.6. The van der Waals surface area contributed by atoms with Gasteiger partial charge in [-0.2, -0.15) is 0 Å². The molecule has 5 heteroatoms. The van der Waals surface area contributed by atoms with Crippen molar-refractivity contribution in [1.29, 1.82) is 0 Å². The number of esters is 1.